The number of nitrogens with zero attached hydrogens (tertiary/aromatic N) is 1. The molecule has 39 heavy (non-hydrogen) atoms. The molecule has 0 aromatic carbocycles. The van der Waals surface area contributed by atoms with Crippen molar-refractivity contribution in [3.05, 3.63) is 12.2 Å². The lowest BCUT2D eigenvalue weighted by molar-refractivity contribution is -0.131. The highest BCUT2D eigenvalue weighted by Gasteiger charge is 2.30. The molecule has 0 aliphatic heterocycles. The third-order valence-electron chi connectivity index (χ3n) is 4.02. The number of hydrogen-bond acceptors (Lipinski definition) is 11. The standard InChI is InChI=1S/C26H47NO12/c1-25(2,3)38-23(30)27(24(31)39-26(4,5)6)9-11-33-13-15-35-17-19-37-21-20-36-18-16-34-14-12-32-10-7-8-22(28)29/h7-8H,9-21H2,1-6H3,(H,28,29)/b8-7+. The van der Waals surface area contributed by atoms with Gasteiger partial charge in [-0.1, -0.05) is 6.08 Å². The molecule has 2 amide bonds. The zero-order valence-electron chi connectivity index (χ0n) is 24.2. The largest absolute Gasteiger partial charge is 0.478 e. The van der Waals surface area contributed by atoms with Crippen LogP contribution in [0.5, 0.6) is 0 Å². The lowest BCUT2D eigenvalue weighted by Crippen LogP contribution is -2.45. The maximum Gasteiger partial charge on any atom is 0.419 e. The zero-order chi connectivity index (χ0) is 29.6. The van der Waals surface area contributed by atoms with Gasteiger partial charge in [-0.2, -0.15) is 0 Å². The Morgan fingerprint density at radius 2 is 0.923 bits per heavy atom. The molecule has 0 radical (unpaired) electrons. The van der Waals surface area contributed by atoms with Crippen LogP contribution in [0, 0.1) is 0 Å². The fourth-order valence-corrected chi connectivity index (χ4v) is 2.45. The predicted molar refractivity (Wildman–Crippen MR) is 141 cm³/mol. The Labute approximate surface area is 231 Å². The van der Waals surface area contributed by atoms with Gasteiger partial charge in [0.25, 0.3) is 0 Å². The van der Waals surface area contributed by atoms with Crippen LogP contribution in [0.25, 0.3) is 0 Å². The number of carboxylic acid groups (broad SMARTS) is 1. The van der Waals surface area contributed by atoms with Gasteiger partial charge in [0.2, 0.25) is 0 Å². The normalized spacial score (nSPS) is 12.1. The van der Waals surface area contributed by atoms with Crippen LogP contribution in [0.2, 0.25) is 0 Å². The molecule has 0 saturated heterocycles. The predicted octanol–water partition coefficient (Wildman–Crippen LogP) is 2.90. The molecule has 0 unspecified atom stereocenters. The van der Waals surface area contributed by atoms with Crippen LogP contribution in [0.1, 0.15) is 41.5 Å². The van der Waals surface area contributed by atoms with E-state index in [1.54, 1.807) is 41.5 Å². The molecule has 0 saturated carbocycles. The van der Waals surface area contributed by atoms with Gasteiger partial charge in [0, 0.05) is 6.08 Å². The van der Waals surface area contributed by atoms with Crippen molar-refractivity contribution >= 4 is 18.2 Å². The highest BCUT2D eigenvalue weighted by molar-refractivity contribution is 5.88. The average Bonchev–Trinajstić information content (AvgIpc) is 2.79. The molecule has 13 heteroatoms. The molecule has 0 rings (SSSR count). The monoisotopic (exact) mass is 565 g/mol. The third kappa shape index (κ3) is 25.7. The van der Waals surface area contributed by atoms with Gasteiger partial charge in [0.1, 0.15) is 11.2 Å². The quantitative estimate of drug-likeness (QED) is 0.161. The molecule has 0 aromatic heterocycles. The summed E-state index contributed by atoms with van der Waals surface area (Å²) in [7, 11) is 0. The Hall–Kier alpha value is -2.29. The maximum atomic E-state index is 12.4. The SMILES string of the molecule is CC(C)(C)OC(=O)N(CCOCCOCCOCCOCCOCCOC/C=C/C(=O)O)C(=O)OC(C)(C)C. The van der Waals surface area contributed by atoms with Gasteiger partial charge in [-0.25, -0.2) is 19.3 Å². The van der Waals surface area contributed by atoms with E-state index in [-0.39, 0.29) is 26.4 Å². The molecule has 13 nitrogen and oxygen atoms in total. The van der Waals surface area contributed by atoms with Crippen molar-refractivity contribution in [2.24, 2.45) is 0 Å². The summed E-state index contributed by atoms with van der Waals surface area (Å²) < 4.78 is 42.8. The Kier molecular flexibility index (Phi) is 20.3. The molecule has 0 bridgehead atoms. The number of imide groups is 1. The fraction of sp³-hybridized carbons (Fsp3) is 0.808. The Morgan fingerprint density at radius 1 is 0.590 bits per heavy atom. The Balaban J connectivity index is 3.71. The van der Waals surface area contributed by atoms with Gasteiger partial charge in [-0.15, -0.1) is 0 Å². The number of rotatable bonds is 21. The van der Waals surface area contributed by atoms with Gasteiger partial charge >= 0.3 is 18.2 Å². The minimum atomic E-state index is -1.01. The first kappa shape index (κ1) is 36.7. The van der Waals surface area contributed by atoms with Gasteiger partial charge in [-0.3, -0.25) is 0 Å². The van der Waals surface area contributed by atoms with Gasteiger partial charge in [0.15, 0.2) is 0 Å². The van der Waals surface area contributed by atoms with Gasteiger partial charge in [-0.05, 0) is 41.5 Å². The molecular formula is C26H47NO12. The van der Waals surface area contributed by atoms with Crippen LogP contribution in [-0.2, 0) is 42.7 Å². The molecule has 0 fully saturated rings. The summed E-state index contributed by atoms with van der Waals surface area (Å²) in [5, 5.41) is 8.43. The molecule has 0 aromatic rings. The highest BCUT2D eigenvalue weighted by atomic mass is 16.6. The summed E-state index contributed by atoms with van der Waals surface area (Å²) in [5.41, 5.74) is -1.51. The number of hydrogen-bond donors (Lipinski definition) is 1. The minimum Gasteiger partial charge on any atom is -0.478 e. The topological polar surface area (TPSA) is 149 Å². The number of aliphatic carboxylic acids is 1. The molecule has 0 spiro atoms. The number of carboxylic acids is 1. The van der Waals surface area contributed by atoms with Crippen molar-refractivity contribution in [1.29, 1.82) is 0 Å². The first-order valence-electron chi connectivity index (χ1n) is 12.9. The third-order valence-corrected chi connectivity index (χ3v) is 4.02. The molecule has 0 atom stereocenters. The second kappa shape index (κ2) is 21.5. The number of ether oxygens (including phenoxy) is 8. The van der Waals surface area contributed by atoms with E-state index in [0.717, 1.165) is 11.0 Å². The molecular weight excluding hydrogens is 518 g/mol. The number of carbonyl (C=O) groups is 3. The van der Waals surface area contributed by atoms with Crippen molar-refractivity contribution < 1.29 is 57.4 Å². The molecule has 228 valence electrons. The van der Waals surface area contributed by atoms with E-state index in [1.807, 2.05) is 0 Å². The highest BCUT2D eigenvalue weighted by Crippen LogP contribution is 2.14. The molecule has 0 aliphatic carbocycles. The summed E-state index contributed by atoms with van der Waals surface area (Å²) in [6.45, 7) is 14.5. The summed E-state index contributed by atoms with van der Waals surface area (Å²) in [6, 6.07) is 0. The van der Waals surface area contributed by atoms with E-state index in [1.165, 1.54) is 6.08 Å². The first-order valence-corrected chi connectivity index (χ1v) is 12.9. The van der Waals surface area contributed by atoms with Crippen LogP contribution >= 0.6 is 0 Å². The van der Waals surface area contributed by atoms with Crippen molar-refractivity contribution in [3.63, 3.8) is 0 Å². The number of amides is 2. The van der Waals surface area contributed by atoms with Crippen LogP contribution in [0.4, 0.5) is 9.59 Å². The minimum absolute atomic E-state index is 0.0159. The van der Waals surface area contributed by atoms with Crippen LogP contribution in [0.3, 0.4) is 0 Å². The van der Waals surface area contributed by atoms with E-state index in [0.29, 0.717) is 59.5 Å². The second-order valence-corrected chi connectivity index (χ2v) is 9.99. The van der Waals surface area contributed by atoms with E-state index in [4.69, 9.17) is 43.0 Å². The van der Waals surface area contributed by atoms with Crippen LogP contribution in [0.15, 0.2) is 12.2 Å². The van der Waals surface area contributed by atoms with Crippen LogP contribution in [-0.4, -0.2) is 125 Å². The van der Waals surface area contributed by atoms with Crippen molar-refractivity contribution in [2.75, 3.05) is 85.8 Å². The summed E-state index contributed by atoms with van der Waals surface area (Å²) in [5.74, 6) is -1.01. The zero-order valence-corrected chi connectivity index (χ0v) is 24.2. The second-order valence-electron chi connectivity index (χ2n) is 9.99. The summed E-state index contributed by atoms with van der Waals surface area (Å²) >= 11 is 0. The summed E-state index contributed by atoms with van der Waals surface area (Å²) in [6.07, 6.45) is 0.864. The van der Waals surface area contributed by atoms with Crippen molar-refractivity contribution in [3.8, 4) is 0 Å². The Morgan fingerprint density at radius 3 is 1.26 bits per heavy atom. The molecule has 1 N–H and O–H groups in total. The Bertz CT molecular complexity index is 672. The van der Waals surface area contributed by atoms with Crippen molar-refractivity contribution in [2.45, 2.75) is 52.7 Å². The summed E-state index contributed by atoms with van der Waals surface area (Å²) in [4.78, 5) is 36.0. The fourth-order valence-electron chi connectivity index (χ4n) is 2.45. The smallest absolute Gasteiger partial charge is 0.419 e. The first-order chi connectivity index (χ1) is 18.3. The van der Waals surface area contributed by atoms with Crippen molar-refractivity contribution in [1.82, 2.24) is 4.90 Å². The lowest BCUT2D eigenvalue weighted by atomic mass is 10.2. The van der Waals surface area contributed by atoms with Crippen LogP contribution < -0.4 is 0 Å². The van der Waals surface area contributed by atoms with E-state index < -0.39 is 29.4 Å². The van der Waals surface area contributed by atoms with E-state index in [9.17, 15) is 14.4 Å². The lowest BCUT2D eigenvalue weighted by Gasteiger charge is -2.28. The van der Waals surface area contributed by atoms with Gasteiger partial charge in [0.05, 0.1) is 85.8 Å². The maximum absolute atomic E-state index is 12.4. The number of carbonyl (C=O) groups excluding carboxylic acids is 2. The molecule has 0 heterocycles. The average molecular weight is 566 g/mol. The molecule has 0 aliphatic rings. The van der Waals surface area contributed by atoms with E-state index >= 15 is 0 Å². The van der Waals surface area contributed by atoms with Gasteiger partial charge < -0.3 is 43.0 Å². The van der Waals surface area contributed by atoms with E-state index in [2.05, 4.69) is 0 Å².